The van der Waals surface area contributed by atoms with Crippen molar-refractivity contribution in [3.8, 4) is 0 Å². The maximum absolute atomic E-state index is 13.4. The number of hydrogen-bond acceptors (Lipinski definition) is 4. The van der Waals surface area contributed by atoms with E-state index >= 15 is 0 Å². The monoisotopic (exact) mass is 316 g/mol. The maximum Gasteiger partial charge on any atom is 0.338 e. The molecule has 23 heavy (non-hydrogen) atoms. The summed E-state index contributed by atoms with van der Waals surface area (Å²) in [7, 11) is 0. The van der Waals surface area contributed by atoms with Crippen LogP contribution in [0.5, 0.6) is 0 Å². The highest BCUT2D eigenvalue weighted by Crippen LogP contribution is 2.10. The van der Waals surface area contributed by atoms with Gasteiger partial charge in [0.05, 0.1) is 24.3 Å². The van der Waals surface area contributed by atoms with Gasteiger partial charge in [-0.2, -0.15) is 0 Å². The molecule has 5 heteroatoms. The molecule has 4 nitrogen and oxygen atoms in total. The van der Waals surface area contributed by atoms with Crippen molar-refractivity contribution < 1.29 is 23.5 Å². The van der Waals surface area contributed by atoms with Crippen LogP contribution in [0.1, 0.15) is 33.2 Å². The zero-order chi connectivity index (χ0) is 16.7. The molecule has 0 saturated carbocycles. The Morgan fingerprint density at radius 1 is 0.913 bits per heavy atom. The third kappa shape index (κ3) is 4.64. The average molecular weight is 316 g/mol. The lowest BCUT2D eigenvalue weighted by molar-refractivity contribution is 0.0500. The van der Waals surface area contributed by atoms with Crippen LogP contribution in [0.2, 0.25) is 0 Å². The van der Waals surface area contributed by atoms with E-state index in [-0.39, 0.29) is 12.4 Å². The van der Waals surface area contributed by atoms with Crippen LogP contribution in [-0.4, -0.2) is 25.2 Å². The fraction of sp³-hybridized carbons (Fsp3) is 0.222. The Labute approximate surface area is 133 Å². The van der Waals surface area contributed by atoms with Crippen molar-refractivity contribution in [2.45, 2.75) is 13.3 Å². The lowest BCUT2D eigenvalue weighted by atomic mass is 10.1. The minimum Gasteiger partial charge on any atom is -0.462 e. The Kier molecular flexibility index (Phi) is 5.86. The van der Waals surface area contributed by atoms with Crippen LogP contribution in [0.4, 0.5) is 4.39 Å². The van der Waals surface area contributed by atoms with E-state index in [4.69, 9.17) is 9.47 Å². The molecule has 0 amide bonds. The van der Waals surface area contributed by atoms with Crippen molar-refractivity contribution in [2.24, 2.45) is 0 Å². The topological polar surface area (TPSA) is 52.6 Å². The van der Waals surface area contributed by atoms with Crippen LogP contribution in [0, 0.1) is 5.82 Å². The first kappa shape index (κ1) is 16.7. The highest BCUT2D eigenvalue weighted by atomic mass is 19.1. The lowest BCUT2D eigenvalue weighted by Gasteiger charge is -2.06. The Hall–Kier alpha value is -2.69. The first-order chi connectivity index (χ1) is 11.1. The molecule has 0 aromatic heterocycles. The van der Waals surface area contributed by atoms with Gasteiger partial charge in [0, 0.05) is 6.42 Å². The van der Waals surface area contributed by atoms with Crippen molar-refractivity contribution in [3.05, 3.63) is 71.0 Å². The molecule has 0 heterocycles. The number of esters is 2. The van der Waals surface area contributed by atoms with Gasteiger partial charge in [-0.3, -0.25) is 0 Å². The zero-order valence-corrected chi connectivity index (χ0v) is 12.8. The molecule has 0 aliphatic carbocycles. The number of halogens is 1. The summed E-state index contributed by atoms with van der Waals surface area (Å²) in [5.74, 6) is -1.27. The molecular formula is C18H17FO4. The molecular weight excluding hydrogens is 299 g/mol. The van der Waals surface area contributed by atoms with Gasteiger partial charge in [0.2, 0.25) is 0 Å². The number of benzene rings is 2. The summed E-state index contributed by atoms with van der Waals surface area (Å²) in [5.41, 5.74) is 1.19. The van der Waals surface area contributed by atoms with E-state index in [1.165, 1.54) is 30.3 Å². The van der Waals surface area contributed by atoms with Crippen LogP contribution in [-0.2, 0) is 15.9 Å². The zero-order valence-electron chi connectivity index (χ0n) is 12.8. The first-order valence-electron chi connectivity index (χ1n) is 7.29. The Bertz CT molecular complexity index is 680. The molecule has 120 valence electrons. The minimum absolute atomic E-state index is 0.0827. The highest BCUT2D eigenvalue weighted by molar-refractivity contribution is 5.93. The van der Waals surface area contributed by atoms with Crippen molar-refractivity contribution in [1.82, 2.24) is 0 Å². The molecule has 2 aromatic carbocycles. The molecule has 2 aromatic rings. The summed E-state index contributed by atoms with van der Waals surface area (Å²) in [6.07, 6.45) is 0.305. The Morgan fingerprint density at radius 3 is 2.04 bits per heavy atom. The third-order valence-electron chi connectivity index (χ3n) is 3.19. The summed E-state index contributed by atoms with van der Waals surface area (Å²) in [6.45, 7) is 2.09. The van der Waals surface area contributed by atoms with Crippen LogP contribution in [0.15, 0.2) is 48.5 Å². The Balaban J connectivity index is 1.88. The van der Waals surface area contributed by atoms with E-state index in [0.29, 0.717) is 29.7 Å². The normalized spacial score (nSPS) is 10.2. The predicted octanol–water partition coefficient (Wildman–Crippen LogP) is 3.40. The third-order valence-corrected chi connectivity index (χ3v) is 3.19. The van der Waals surface area contributed by atoms with Crippen LogP contribution in [0.3, 0.4) is 0 Å². The molecule has 2 rings (SSSR count). The number of rotatable bonds is 6. The van der Waals surface area contributed by atoms with Gasteiger partial charge in [-0.05, 0) is 42.8 Å². The van der Waals surface area contributed by atoms with Gasteiger partial charge in [-0.15, -0.1) is 0 Å². The largest absolute Gasteiger partial charge is 0.462 e. The van der Waals surface area contributed by atoms with Crippen molar-refractivity contribution in [2.75, 3.05) is 13.2 Å². The first-order valence-corrected chi connectivity index (χ1v) is 7.29. The van der Waals surface area contributed by atoms with Crippen LogP contribution in [0.25, 0.3) is 0 Å². The standard InChI is InChI=1S/C18H17FO4/c1-2-22-17(20)14-7-9-15(10-8-14)18(21)23-12-11-13-5-3-4-6-16(13)19/h3-10H,2,11-12H2,1H3. The molecule has 0 N–H and O–H groups in total. The van der Waals surface area contributed by atoms with E-state index in [2.05, 4.69) is 0 Å². The maximum atomic E-state index is 13.4. The summed E-state index contributed by atoms with van der Waals surface area (Å²) in [4.78, 5) is 23.4. The second-order valence-corrected chi connectivity index (χ2v) is 4.78. The minimum atomic E-state index is -0.517. The van der Waals surface area contributed by atoms with Gasteiger partial charge in [0.25, 0.3) is 0 Å². The van der Waals surface area contributed by atoms with Crippen LogP contribution < -0.4 is 0 Å². The summed E-state index contributed by atoms with van der Waals surface area (Å²) >= 11 is 0. The van der Waals surface area contributed by atoms with Gasteiger partial charge in [-0.25, -0.2) is 14.0 Å². The fourth-order valence-electron chi connectivity index (χ4n) is 1.99. The second kappa shape index (κ2) is 8.08. The summed E-state index contributed by atoms with van der Waals surface area (Å²) in [5, 5.41) is 0. The smallest absolute Gasteiger partial charge is 0.338 e. The molecule has 0 saturated heterocycles. The van der Waals surface area contributed by atoms with Crippen molar-refractivity contribution in [3.63, 3.8) is 0 Å². The molecule has 0 bridgehead atoms. The van der Waals surface area contributed by atoms with Gasteiger partial charge < -0.3 is 9.47 Å². The van der Waals surface area contributed by atoms with Gasteiger partial charge in [0.1, 0.15) is 5.82 Å². The summed E-state index contributed by atoms with van der Waals surface area (Å²) in [6, 6.07) is 12.4. The average Bonchev–Trinajstić information content (AvgIpc) is 2.57. The second-order valence-electron chi connectivity index (χ2n) is 4.78. The molecule has 0 fully saturated rings. The quantitative estimate of drug-likeness (QED) is 0.767. The number of carbonyl (C=O) groups excluding carboxylic acids is 2. The Morgan fingerprint density at radius 2 is 1.48 bits per heavy atom. The number of carbonyl (C=O) groups is 2. The predicted molar refractivity (Wildman–Crippen MR) is 82.8 cm³/mol. The fourth-order valence-corrected chi connectivity index (χ4v) is 1.99. The molecule has 0 aliphatic heterocycles. The van der Waals surface area contributed by atoms with Crippen molar-refractivity contribution in [1.29, 1.82) is 0 Å². The van der Waals surface area contributed by atoms with Gasteiger partial charge in [0.15, 0.2) is 0 Å². The lowest BCUT2D eigenvalue weighted by Crippen LogP contribution is -2.10. The molecule has 0 radical (unpaired) electrons. The molecule has 0 atom stereocenters. The van der Waals surface area contributed by atoms with Gasteiger partial charge >= 0.3 is 11.9 Å². The number of ether oxygens (including phenoxy) is 2. The molecule has 0 unspecified atom stereocenters. The van der Waals surface area contributed by atoms with E-state index in [0.717, 1.165) is 0 Å². The van der Waals surface area contributed by atoms with E-state index in [1.807, 2.05) is 0 Å². The van der Waals surface area contributed by atoms with E-state index < -0.39 is 11.9 Å². The van der Waals surface area contributed by atoms with Gasteiger partial charge in [-0.1, -0.05) is 18.2 Å². The number of hydrogen-bond donors (Lipinski definition) is 0. The van der Waals surface area contributed by atoms with Crippen LogP contribution >= 0.6 is 0 Å². The highest BCUT2D eigenvalue weighted by Gasteiger charge is 2.11. The molecule has 0 spiro atoms. The van der Waals surface area contributed by atoms with E-state index in [1.54, 1.807) is 25.1 Å². The van der Waals surface area contributed by atoms with E-state index in [9.17, 15) is 14.0 Å². The van der Waals surface area contributed by atoms with Crippen molar-refractivity contribution >= 4 is 11.9 Å². The summed E-state index contributed by atoms with van der Waals surface area (Å²) < 4.78 is 23.4. The molecule has 0 aliphatic rings. The SMILES string of the molecule is CCOC(=O)c1ccc(C(=O)OCCc2ccccc2F)cc1.